The van der Waals surface area contributed by atoms with Crippen molar-refractivity contribution in [1.82, 2.24) is 20.0 Å². The van der Waals surface area contributed by atoms with Gasteiger partial charge in [0.25, 0.3) is 5.91 Å². The van der Waals surface area contributed by atoms with Gasteiger partial charge < -0.3 is 4.90 Å². The Labute approximate surface area is 106 Å². The van der Waals surface area contributed by atoms with E-state index in [1.807, 2.05) is 26.1 Å². The monoisotopic (exact) mass is 250 g/mol. The largest absolute Gasteiger partial charge is 0.325 e. The highest BCUT2D eigenvalue weighted by molar-refractivity contribution is 6.06. The molecule has 1 saturated heterocycles. The molecule has 1 fully saturated rings. The fourth-order valence-electron chi connectivity index (χ4n) is 2.50. The van der Waals surface area contributed by atoms with Crippen molar-refractivity contribution in [2.75, 3.05) is 6.54 Å². The van der Waals surface area contributed by atoms with Gasteiger partial charge in [0.2, 0.25) is 0 Å². The molecule has 0 saturated carbocycles. The van der Waals surface area contributed by atoms with Crippen molar-refractivity contribution in [3.8, 4) is 0 Å². The van der Waals surface area contributed by atoms with Crippen LogP contribution in [0.1, 0.15) is 26.7 Å². The van der Waals surface area contributed by atoms with Gasteiger partial charge in [0, 0.05) is 18.9 Å². The fraction of sp³-hybridized carbons (Fsp3) is 0.583. The molecule has 0 bridgehead atoms. The first-order valence-corrected chi connectivity index (χ1v) is 6.24. The summed E-state index contributed by atoms with van der Waals surface area (Å²) < 4.78 is 1.76. The molecule has 18 heavy (non-hydrogen) atoms. The Morgan fingerprint density at radius 3 is 2.56 bits per heavy atom. The maximum absolute atomic E-state index is 11.9. The predicted octanol–water partition coefficient (Wildman–Crippen LogP) is 0.994. The summed E-state index contributed by atoms with van der Waals surface area (Å²) in [6.45, 7) is 4.95. The van der Waals surface area contributed by atoms with Crippen LogP contribution in [0, 0.1) is 0 Å². The molecule has 0 atom stereocenters. The Hall–Kier alpha value is -1.85. The summed E-state index contributed by atoms with van der Waals surface area (Å²) in [5.74, 6) is -0.182. The highest BCUT2D eigenvalue weighted by atomic mass is 16.2. The summed E-state index contributed by atoms with van der Waals surface area (Å²) in [7, 11) is 0. The van der Waals surface area contributed by atoms with Gasteiger partial charge >= 0.3 is 6.03 Å². The van der Waals surface area contributed by atoms with Gasteiger partial charge in [-0.3, -0.25) is 14.8 Å². The molecule has 0 radical (unpaired) electrons. The molecule has 1 aromatic heterocycles. The Balaban J connectivity index is 2.13. The Morgan fingerprint density at radius 2 is 2.00 bits per heavy atom. The quantitative estimate of drug-likeness (QED) is 0.792. The van der Waals surface area contributed by atoms with E-state index in [1.54, 1.807) is 15.8 Å². The first kappa shape index (κ1) is 12.6. The van der Waals surface area contributed by atoms with Crippen molar-refractivity contribution < 1.29 is 9.59 Å². The van der Waals surface area contributed by atoms with E-state index in [2.05, 4.69) is 10.4 Å². The van der Waals surface area contributed by atoms with Crippen LogP contribution < -0.4 is 5.32 Å². The third-order valence-electron chi connectivity index (χ3n) is 3.69. The van der Waals surface area contributed by atoms with E-state index in [1.165, 1.54) is 0 Å². The van der Waals surface area contributed by atoms with E-state index in [9.17, 15) is 9.59 Å². The highest BCUT2D eigenvalue weighted by Crippen LogP contribution is 2.28. The van der Waals surface area contributed by atoms with Crippen molar-refractivity contribution in [2.45, 2.75) is 38.8 Å². The van der Waals surface area contributed by atoms with Crippen LogP contribution in [0.15, 0.2) is 18.5 Å². The van der Waals surface area contributed by atoms with Crippen molar-refractivity contribution >= 4 is 11.9 Å². The van der Waals surface area contributed by atoms with Crippen LogP contribution in [0.5, 0.6) is 0 Å². The third kappa shape index (κ3) is 1.87. The van der Waals surface area contributed by atoms with Crippen LogP contribution in [-0.2, 0) is 11.3 Å². The molecular weight excluding hydrogens is 232 g/mol. The lowest BCUT2D eigenvalue weighted by Crippen LogP contribution is -2.49. The molecule has 3 amide bonds. The normalized spacial score (nSPS) is 18.2. The van der Waals surface area contributed by atoms with E-state index in [-0.39, 0.29) is 11.9 Å². The van der Waals surface area contributed by atoms with Crippen LogP contribution >= 0.6 is 0 Å². The zero-order valence-electron chi connectivity index (χ0n) is 10.7. The van der Waals surface area contributed by atoms with E-state index in [0.29, 0.717) is 25.9 Å². The molecule has 0 aliphatic carbocycles. The van der Waals surface area contributed by atoms with Crippen molar-refractivity contribution in [3.63, 3.8) is 0 Å². The Bertz CT molecular complexity index is 437. The number of aromatic nitrogens is 2. The molecule has 2 heterocycles. The van der Waals surface area contributed by atoms with Gasteiger partial charge in [0.15, 0.2) is 0 Å². The van der Waals surface area contributed by atoms with E-state index >= 15 is 0 Å². The molecule has 0 spiro atoms. The molecule has 1 N–H and O–H groups in total. The number of hydrogen-bond acceptors (Lipinski definition) is 3. The first-order chi connectivity index (χ1) is 8.64. The molecule has 6 nitrogen and oxygen atoms in total. The van der Waals surface area contributed by atoms with Gasteiger partial charge in [-0.05, 0) is 18.9 Å². The number of nitrogens with zero attached hydrogens (tertiary/aromatic N) is 3. The molecule has 2 rings (SSSR count). The summed E-state index contributed by atoms with van der Waals surface area (Å²) in [4.78, 5) is 25.4. The van der Waals surface area contributed by atoms with Gasteiger partial charge in [-0.25, -0.2) is 4.79 Å². The van der Waals surface area contributed by atoms with Crippen LogP contribution in [0.3, 0.4) is 0 Å². The topological polar surface area (TPSA) is 67.2 Å². The molecule has 1 aliphatic rings. The predicted molar refractivity (Wildman–Crippen MR) is 65.8 cm³/mol. The van der Waals surface area contributed by atoms with Gasteiger partial charge in [0.1, 0.15) is 5.54 Å². The smallest absolute Gasteiger partial charge is 0.308 e. The lowest BCUT2D eigenvalue weighted by atomic mass is 9.91. The number of urea groups is 1. The average Bonchev–Trinajstić information content (AvgIpc) is 2.94. The summed E-state index contributed by atoms with van der Waals surface area (Å²) in [6, 6.07) is 1.54. The van der Waals surface area contributed by atoms with Gasteiger partial charge in [-0.1, -0.05) is 13.8 Å². The molecule has 6 heteroatoms. The summed E-state index contributed by atoms with van der Waals surface area (Å²) in [6.07, 6.45) is 4.79. The minimum atomic E-state index is -0.690. The van der Waals surface area contributed by atoms with E-state index < -0.39 is 5.54 Å². The fourth-order valence-corrected chi connectivity index (χ4v) is 2.50. The average molecular weight is 250 g/mol. The van der Waals surface area contributed by atoms with Crippen molar-refractivity contribution in [3.05, 3.63) is 18.5 Å². The van der Waals surface area contributed by atoms with Crippen LogP contribution in [0.4, 0.5) is 4.79 Å². The molecule has 1 aliphatic heterocycles. The Kier molecular flexibility index (Phi) is 3.36. The highest BCUT2D eigenvalue weighted by Gasteiger charge is 2.49. The van der Waals surface area contributed by atoms with Crippen LogP contribution in [0.2, 0.25) is 0 Å². The molecular formula is C12H18N4O2. The van der Waals surface area contributed by atoms with E-state index in [0.717, 1.165) is 0 Å². The zero-order valence-corrected chi connectivity index (χ0v) is 10.7. The SMILES string of the molecule is CCC1(CC)C(=O)NC(=O)N1CCn1cccn1. The molecule has 98 valence electrons. The summed E-state index contributed by atoms with van der Waals surface area (Å²) in [5, 5.41) is 6.50. The maximum Gasteiger partial charge on any atom is 0.325 e. The van der Waals surface area contributed by atoms with Crippen molar-refractivity contribution in [1.29, 1.82) is 0 Å². The Morgan fingerprint density at radius 1 is 1.28 bits per heavy atom. The number of hydrogen-bond donors (Lipinski definition) is 1. The first-order valence-electron chi connectivity index (χ1n) is 6.24. The minimum absolute atomic E-state index is 0.182. The molecule has 1 aromatic rings. The second kappa shape index (κ2) is 4.80. The number of carbonyl (C=O) groups is 2. The number of amides is 3. The number of rotatable bonds is 5. The maximum atomic E-state index is 11.9. The molecule has 0 unspecified atom stereocenters. The lowest BCUT2D eigenvalue weighted by Gasteiger charge is -2.33. The van der Waals surface area contributed by atoms with Gasteiger partial charge in [-0.15, -0.1) is 0 Å². The number of nitrogens with one attached hydrogen (secondary N) is 1. The number of imide groups is 1. The summed E-state index contributed by atoms with van der Waals surface area (Å²) >= 11 is 0. The zero-order chi connectivity index (χ0) is 13.2. The third-order valence-corrected chi connectivity index (χ3v) is 3.69. The van der Waals surface area contributed by atoms with Crippen LogP contribution in [0.25, 0.3) is 0 Å². The van der Waals surface area contributed by atoms with E-state index in [4.69, 9.17) is 0 Å². The van der Waals surface area contributed by atoms with Crippen LogP contribution in [-0.4, -0.2) is 38.7 Å². The second-order valence-electron chi connectivity index (χ2n) is 4.42. The standard InChI is InChI=1S/C12H18N4O2/c1-3-12(4-2)10(17)14-11(18)16(12)9-8-15-7-5-6-13-15/h5-7H,3-4,8-9H2,1-2H3,(H,14,17,18). The van der Waals surface area contributed by atoms with Gasteiger partial charge in [-0.2, -0.15) is 5.10 Å². The minimum Gasteiger partial charge on any atom is -0.308 e. The van der Waals surface area contributed by atoms with Crippen molar-refractivity contribution in [2.24, 2.45) is 0 Å². The summed E-state index contributed by atoms with van der Waals surface area (Å²) in [5.41, 5.74) is -0.690. The molecule has 0 aromatic carbocycles. The number of carbonyl (C=O) groups excluding carboxylic acids is 2. The lowest BCUT2D eigenvalue weighted by molar-refractivity contribution is -0.127. The van der Waals surface area contributed by atoms with Gasteiger partial charge in [0.05, 0.1) is 6.54 Å². The second-order valence-corrected chi connectivity index (χ2v) is 4.42.